The van der Waals surface area contributed by atoms with Crippen LogP contribution in [0.1, 0.15) is 202 Å². The van der Waals surface area contributed by atoms with Gasteiger partial charge in [0.2, 0.25) is 0 Å². The zero-order valence-corrected chi connectivity index (χ0v) is 61.5. The molecule has 0 radical (unpaired) electrons. The van der Waals surface area contributed by atoms with E-state index in [-0.39, 0.29) is 57.8 Å². The van der Waals surface area contributed by atoms with Crippen molar-refractivity contribution in [3.8, 4) is 0 Å². The number of Topliss-reactive ketones (excluding diaryl/α,β-unsaturated/α-hetero) is 4. The predicted octanol–water partition coefficient (Wildman–Crippen LogP) is -0.673. The molecule has 0 saturated carbocycles. The lowest BCUT2D eigenvalue weighted by Crippen LogP contribution is -2.60. The summed E-state index contributed by atoms with van der Waals surface area (Å²) < 4.78 is 16.6. The largest absolute Gasteiger partial charge is 0.492 e. The molecule has 24 unspecified atom stereocenters. The number of carboxylic acid groups (broad SMARTS) is 2. The van der Waals surface area contributed by atoms with E-state index in [1.54, 1.807) is 55.4 Å². The van der Waals surface area contributed by atoms with Crippen LogP contribution in [-0.4, -0.2) is 312 Å². The van der Waals surface area contributed by atoms with Crippen molar-refractivity contribution in [2.75, 3.05) is 13.2 Å². The van der Waals surface area contributed by atoms with E-state index in [9.17, 15) is 100 Å². The summed E-state index contributed by atoms with van der Waals surface area (Å²) in [6.07, 6.45) is -28.4. The number of rotatable bonds is 16. The molecule has 614 valence electrons. The Morgan fingerprint density at radius 2 is 0.696 bits per heavy atom. The lowest BCUT2D eigenvalue weighted by molar-refractivity contribution is -0.244. The number of carboxylic acids is 2. The topological polar surface area (TPSA) is 595 Å². The number of aliphatic carboxylic acids is 2. The lowest BCUT2D eigenvalue weighted by atomic mass is 9.80. The van der Waals surface area contributed by atoms with Gasteiger partial charge >= 0.3 is 11.9 Å². The molecule has 23 N–H and O–H groups in total. The molecule has 0 spiro atoms. The highest BCUT2D eigenvalue weighted by Gasteiger charge is 2.49. The lowest BCUT2D eigenvalue weighted by Gasteiger charge is -2.45. The highest BCUT2D eigenvalue weighted by Crippen LogP contribution is 2.36. The first kappa shape index (κ1) is 114. The molecule has 102 heavy (non-hydrogen) atoms. The van der Waals surface area contributed by atoms with Crippen molar-refractivity contribution in [3.05, 3.63) is 11.8 Å². The molecule has 2 fully saturated rings. The molecule has 3 aliphatic rings. The minimum absolute atomic E-state index is 0. The van der Waals surface area contributed by atoms with Gasteiger partial charge in [-0.15, -0.1) is 0 Å². The van der Waals surface area contributed by atoms with Crippen molar-refractivity contribution in [2.24, 2.45) is 37.9 Å². The molecule has 0 aromatic rings. The minimum Gasteiger partial charge on any atom is -0.492 e. The van der Waals surface area contributed by atoms with Crippen molar-refractivity contribution in [2.45, 2.75) is 349 Å². The van der Waals surface area contributed by atoms with Crippen LogP contribution < -0.4 is 0 Å². The van der Waals surface area contributed by atoms with E-state index < -0.39 is 205 Å². The quantitative estimate of drug-likeness (QED) is 0.0911. The van der Waals surface area contributed by atoms with E-state index in [1.165, 1.54) is 47.6 Å². The van der Waals surface area contributed by atoms with Crippen LogP contribution in [0.3, 0.4) is 0 Å². The molecule has 0 aliphatic carbocycles. The molecule has 3 heterocycles. The molecular formula is C70H142O32. The molecule has 0 amide bonds. The van der Waals surface area contributed by atoms with Gasteiger partial charge in [-0.25, -0.2) is 9.59 Å². The maximum absolute atomic E-state index is 11.6. The highest BCUT2D eigenvalue weighted by molar-refractivity contribution is 5.92. The van der Waals surface area contributed by atoms with Gasteiger partial charge < -0.3 is 132 Å². The van der Waals surface area contributed by atoms with Crippen LogP contribution in [0.2, 0.25) is 0 Å². The van der Waals surface area contributed by atoms with Crippen LogP contribution in [0.4, 0.5) is 0 Å². The second kappa shape index (κ2) is 47.1. The Hall–Kier alpha value is -3.76. The Morgan fingerprint density at radius 1 is 0.392 bits per heavy atom. The number of hydrogen-bond donors (Lipinski definition) is 23. The third-order valence-corrected chi connectivity index (χ3v) is 15.2. The normalized spacial score (nSPS) is 26.9. The molecule has 0 aromatic heterocycles. The summed E-state index contributed by atoms with van der Waals surface area (Å²) in [5, 5.41) is 212. The fourth-order valence-electron chi connectivity index (χ4n) is 8.83. The summed E-state index contributed by atoms with van der Waals surface area (Å²) in [5.41, 5.74) is -3.95. The van der Waals surface area contributed by atoms with Gasteiger partial charge in [0.25, 0.3) is 0 Å². The van der Waals surface area contributed by atoms with E-state index in [0.29, 0.717) is 12.2 Å². The molecule has 2 saturated heterocycles. The van der Waals surface area contributed by atoms with Gasteiger partial charge in [0.05, 0.1) is 43.4 Å². The van der Waals surface area contributed by atoms with E-state index in [4.69, 9.17) is 60.2 Å². The zero-order valence-electron chi connectivity index (χ0n) is 61.5. The van der Waals surface area contributed by atoms with Crippen LogP contribution >= 0.6 is 0 Å². The number of ether oxygens (including phenoxy) is 3. The maximum atomic E-state index is 11.6. The van der Waals surface area contributed by atoms with Crippen LogP contribution in [0.15, 0.2) is 11.8 Å². The number of aliphatic hydroxyl groups is 21. The Bertz CT molecular complexity index is 2410. The van der Waals surface area contributed by atoms with Crippen molar-refractivity contribution < 1.29 is 160 Å². The second-order valence-electron chi connectivity index (χ2n) is 31.9. The average molecular weight is 1500 g/mol. The smallest absolute Gasteiger partial charge is 0.335 e. The van der Waals surface area contributed by atoms with E-state index in [2.05, 4.69) is 0 Å². The monoisotopic (exact) mass is 1490 g/mol. The van der Waals surface area contributed by atoms with Gasteiger partial charge in [-0.3, -0.25) is 19.2 Å². The summed E-state index contributed by atoms with van der Waals surface area (Å²) in [6.45, 7) is 40.5. The van der Waals surface area contributed by atoms with Crippen molar-refractivity contribution >= 4 is 35.1 Å². The Labute approximate surface area is 605 Å². The van der Waals surface area contributed by atoms with Crippen LogP contribution in [0.25, 0.3) is 0 Å². The molecule has 32 heteroatoms. The summed E-state index contributed by atoms with van der Waals surface area (Å²) in [5.74, 6) is -5.11. The van der Waals surface area contributed by atoms with Crippen LogP contribution in [-0.2, 0) is 43.0 Å². The van der Waals surface area contributed by atoms with Gasteiger partial charge in [-0.05, 0) is 37.2 Å². The van der Waals surface area contributed by atoms with Gasteiger partial charge in [0, 0.05) is 27.1 Å². The Balaban J connectivity index is -0.000000168. The number of ketones is 4. The first-order chi connectivity index (χ1) is 43.5. The molecule has 32 nitrogen and oxygen atoms in total. The predicted molar refractivity (Wildman–Crippen MR) is 379 cm³/mol. The van der Waals surface area contributed by atoms with Gasteiger partial charge in [-0.2, -0.15) is 0 Å². The first-order valence-corrected chi connectivity index (χ1v) is 32.0. The third-order valence-electron chi connectivity index (χ3n) is 15.2. The van der Waals surface area contributed by atoms with E-state index >= 15 is 0 Å². The van der Waals surface area contributed by atoms with Gasteiger partial charge in [-0.1, -0.05) is 182 Å². The van der Waals surface area contributed by atoms with Crippen molar-refractivity contribution in [3.63, 3.8) is 0 Å². The van der Waals surface area contributed by atoms with Crippen molar-refractivity contribution in [1.29, 1.82) is 0 Å². The Kier molecular flexibility index (Phi) is 52.7. The third kappa shape index (κ3) is 37.7. The SMILES string of the molecule is C.C.C.C.CC(C)(C)C(=O)C(O)C(O)C(=O)O.CC(C)(C)C(=O)C(O)C(O)C(O)C(O)C(=O)O.CC(C)(C)C(=O)C(O)C(O)C(O)C(O)CO.CC(C)(C)C(=O)C(O)CO.CC1=CC(O)C(O)C(C(C)(C)C)O1.CC1OC(C(C)(C)C)C(O)C(O)C1O.CCC1OC(C(C)(C)C)C(O)C(O)C1O. The van der Waals surface area contributed by atoms with E-state index in [1.807, 2.05) is 69.2 Å². The summed E-state index contributed by atoms with van der Waals surface area (Å²) in [7, 11) is 0. The second-order valence-corrected chi connectivity index (χ2v) is 31.9. The number of carbonyl (C=O) groups is 6. The molecule has 3 rings (SSSR count). The average Bonchev–Trinajstić information content (AvgIpc) is 0.802. The molecular weight excluding hydrogens is 1350 g/mol. The Morgan fingerprint density at radius 3 is 0.980 bits per heavy atom. The van der Waals surface area contributed by atoms with Gasteiger partial charge in [0.15, 0.2) is 35.3 Å². The molecule has 24 atom stereocenters. The van der Waals surface area contributed by atoms with Crippen molar-refractivity contribution in [1.82, 2.24) is 0 Å². The summed E-state index contributed by atoms with van der Waals surface area (Å²) in [4.78, 5) is 65.9. The molecule has 0 bridgehead atoms. The molecule has 3 aliphatic heterocycles. The fourth-order valence-corrected chi connectivity index (χ4v) is 8.83. The maximum Gasteiger partial charge on any atom is 0.335 e. The minimum atomic E-state index is -2.27. The first-order valence-electron chi connectivity index (χ1n) is 32.0. The van der Waals surface area contributed by atoms with E-state index in [0.717, 1.165) is 0 Å². The van der Waals surface area contributed by atoms with Gasteiger partial charge in [0.1, 0.15) is 110 Å². The number of carbonyl (C=O) groups excluding carboxylic acids is 4. The molecule has 0 aromatic carbocycles. The number of hydrogen-bond acceptors (Lipinski definition) is 30. The number of allylic oxidation sites excluding steroid dienone is 1. The van der Waals surface area contributed by atoms with Crippen LogP contribution in [0.5, 0.6) is 0 Å². The standard InChI is InChI=1S/C11H22O4.C10H18O7.C10H20O6.C10H20O4.C10H18O3.C8H14O5.C7H14O3.4CH4/c1-5-6-7(12)8(13)9(14)10(15-6)11(2,3)4;1-10(2,3)8(15)6(13)4(11)5(12)7(14)9(16)17;1-10(2,3)9(16)8(15)7(14)6(13)5(12)4-11;1-5-6(11)7(12)8(13)9(14-5)10(2,3)4;1-6-5-7(11)8(12)9(13-6)10(2,3)4;1-8(2,3)6(11)4(9)5(10)7(12)13;1-7(2,3)6(10)5(9)4-8;;;;/h6-10,12-14H,5H2,1-4H3;4-7,11-14H,1-3H3,(H,16,17);5-8,11-15H,4H2,1-3H3;5-9,11-13H,1-4H3;5,7-9,11-12H,1-4H3;4-5,9-10H,1-3H3,(H,12,13);5,8-9H,4H2,1-3H3;4*1H4. The number of aliphatic hydroxyl groups excluding tert-OH is 21. The summed E-state index contributed by atoms with van der Waals surface area (Å²) in [6, 6.07) is 0. The zero-order chi connectivity index (χ0) is 79.3. The highest BCUT2D eigenvalue weighted by atomic mass is 16.5. The summed E-state index contributed by atoms with van der Waals surface area (Å²) >= 11 is 0. The fraction of sp³-hybridized carbons (Fsp3) is 0.886. The van der Waals surface area contributed by atoms with Crippen LogP contribution in [0, 0.1) is 37.9 Å².